The lowest BCUT2D eigenvalue weighted by Gasteiger charge is -2.18. The molecule has 26 heavy (non-hydrogen) atoms. The van der Waals surface area contributed by atoms with Gasteiger partial charge in [0.1, 0.15) is 0 Å². The number of benzene rings is 2. The maximum absolute atomic E-state index is 3.39. The fraction of sp³-hybridized carbons (Fsp3) is 0.500. The molecule has 2 nitrogen and oxygen atoms in total. The molecular formula is C24H36N2. The van der Waals surface area contributed by atoms with Crippen LogP contribution in [-0.2, 0) is 25.9 Å². The Labute approximate surface area is 160 Å². The fourth-order valence-corrected chi connectivity index (χ4v) is 3.47. The maximum Gasteiger partial charge on any atom is 0.0208 e. The van der Waals surface area contributed by atoms with E-state index in [0.717, 1.165) is 26.2 Å². The SMILES string of the molecule is CC.CC(C)c1ccc2c(c1)CCNC2.Cc1ccc2c(c1)CNCC2. The molecule has 0 unspecified atom stereocenters. The lowest BCUT2D eigenvalue weighted by molar-refractivity contribution is 0.642. The van der Waals surface area contributed by atoms with Crippen molar-refractivity contribution >= 4 is 0 Å². The summed E-state index contributed by atoms with van der Waals surface area (Å²) in [5, 5.41) is 6.76. The van der Waals surface area contributed by atoms with Gasteiger partial charge in [-0.15, -0.1) is 0 Å². The minimum absolute atomic E-state index is 0.653. The monoisotopic (exact) mass is 352 g/mol. The summed E-state index contributed by atoms with van der Waals surface area (Å²) in [6.07, 6.45) is 2.38. The third-order valence-corrected chi connectivity index (χ3v) is 5.03. The molecule has 2 heteroatoms. The molecule has 0 aromatic heterocycles. The lowest BCUT2D eigenvalue weighted by Crippen LogP contribution is -2.23. The van der Waals surface area contributed by atoms with Gasteiger partial charge in [0.15, 0.2) is 0 Å². The van der Waals surface area contributed by atoms with E-state index in [9.17, 15) is 0 Å². The third kappa shape index (κ3) is 5.69. The molecule has 0 amide bonds. The molecule has 4 rings (SSSR count). The van der Waals surface area contributed by atoms with Gasteiger partial charge in [0, 0.05) is 13.1 Å². The van der Waals surface area contributed by atoms with Crippen molar-refractivity contribution in [2.75, 3.05) is 13.1 Å². The van der Waals surface area contributed by atoms with Gasteiger partial charge in [0.25, 0.3) is 0 Å². The molecule has 0 spiro atoms. The van der Waals surface area contributed by atoms with E-state index >= 15 is 0 Å². The first-order valence-electron chi connectivity index (χ1n) is 10.2. The maximum atomic E-state index is 3.39. The van der Waals surface area contributed by atoms with Crippen molar-refractivity contribution in [3.63, 3.8) is 0 Å². The second-order valence-electron chi connectivity index (χ2n) is 7.31. The van der Waals surface area contributed by atoms with Crippen molar-refractivity contribution in [1.29, 1.82) is 0 Å². The van der Waals surface area contributed by atoms with Crippen LogP contribution < -0.4 is 10.6 Å². The van der Waals surface area contributed by atoms with E-state index in [0.29, 0.717) is 5.92 Å². The Morgan fingerprint density at radius 2 is 1.35 bits per heavy atom. The van der Waals surface area contributed by atoms with E-state index in [1.807, 2.05) is 13.8 Å². The van der Waals surface area contributed by atoms with Crippen molar-refractivity contribution in [3.8, 4) is 0 Å². The molecule has 2 aromatic carbocycles. The van der Waals surface area contributed by atoms with Crippen molar-refractivity contribution in [1.82, 2.24) is 10.6 Å². The normalized spacial score (nSPS) is 15.0. The molecule has 0 saturated heterocycles. The Morgan fingerprint density at radius 3 is 2.04 bits per heavy atom. The van der Waals surface area contributed by atoms with Gasteiger partial charge in [-0.3, -0.25) is 0 Å². The van der Waals surface area contributed by atoms with Crippen molar-refractivity contribution in [2.24, 2.45) is 0 Å². The van der Waals surface area contributed by atoms with Gasteiger partial charge in [-0.25, -0.2) is 0 Å². The summed E-state index contributed by atoms with van der Waals surface area (Å²) in [6.45, 7) is 15.0. The van der Waals surface area contributed by atoms with Gasteiger partial charge >= 0.3 is 0 Å². The van der Waals surface area contributed by atoms with E-state index in [1.165, 1.54) is 40.7 Å². The summed E-state index contributed by atoms with van der Waals surface area (Å²) < 4.78 is 0. The molecule has 2 aromatic rings. The summed E-state index contributed by atoms with van der Waals surface area (Å²) in [5.41, 5.74) is 8.87. The summed E-state index contributed by atoms with van der Waals surface area (Å²) in [4.78, 5) is 0. The summed E-state index contributed by atoms with van der Waals surface area (Å²) in [5.74, 6) is 0.653. The van der Waals surface area contributed by atoms with Gasteiger partial charge in [-0.1, -0.05) is 69.7 Å². The first-order valence-corrected chi connectivity index (χ1v) is 10.2. The lowest BCUT2D eigenvalue weighted by atomic mass is 9.94. The average Bonchev–Trinajstić information content (AvgIpc) is 2.69. The topological polar surface area (TPSA) is 24.1 Å². The van der Waals surface area contributed by atoms with Crippen molar-refractivity contribution in [2.45, 2.75) is 66.5 Å². The van der Waals surface area contributed by atoms with E-state index < -0.39 is 0 Å². The number of nitrogens with one attached hydrogen (secondary N) is 2. The Hall–Kier alpha value is -1.64. The minimum Gasteiger partial charge on any atom is -0.312 e. The van der Waals surface area contributed by atoms with Crippen molar-refractivity contribution < 1.29 is 0 Å². The van der Waals surface area contributed by atoms with Crippen LogP contribution in [0.1, 0.15) is 67.0 Å². The van der Waals surface area contributed by atoms with Crippen LogP contribution in [0.15, 0.2) is 36.4 Å². The van der Waals surface area contributed by atoms with Gasteiger partial charge in [-0.05, 0) is 66.6 Å². The highest BCUT2D eigenvalue weighted by Gasteiger charge is 2.09. The molecule has 0 radical (unpaired) electrons. The Kier molecular flexibility index (Phi) is 8.34. The Morgan fingerprint density at radius 1 is 0.731 bits per heavy atom. The molecule has 2 heterocycles. The van der Waals surface area contributed by atoms with Crippen LogP contribution in [0.3, 0.4) is 0 Å². The first kappa shape index (κ1) is 20.7. The third-order valence-electron chi connectivity index (χ3n) is 5.03. The zero-order valence-corrected chi connectivity index (χ0v) is 17.3. The standard InChI is InChI=1S/C12H17N.C10H13N.C2H6/c1-9(2)10-3-4-12-8-13-6-5-11(12)7-10;1-8-2-3-9-4-5-11-7-10(9)6-8;1-2/h3-4,7,9,13H,5-6,8H2,1-2H3;2-3,6,11H,4-5,7H2,1H3;1-2H3. The van der Waals surface area contributed by atoms with Gasteiger partial charge < -0.3 is 10.6 Å². The highest BCUT2D eigenvalue weighted by Crippen LogP contribution is 2.21. The quantitative estimate of drug-likeness (QED) is 0.744. The predicted octanol–water partition coefficient (Wildman–Crippen LogP) is 5.12. The van der Waals surface area contributed by atoms with Crippen LogP contribution in [0.4, 0.5) is 0 Å². The average molecular weight is 353 g/mol. The van der Waals surface area contributed by atoms with Crippen molar-refractivity contribution in [3.05, 3.63) is 69.8 Å². The van der Waals surface area contributed by atoms with E-state index in [4.69, 9.17) is 0 Å². The minimum atomic E-state index is 0.653. The molecule has 0 atom stereocenters. The molecule has 2 aliphatic heterocycles. The van der Waals surface area contributed by atoms with Crippen LogP contribution in [0, 0.1) is 6.92 Å². The molecule has 0 aliphatic carbocycles. The Balaban J connectivity index is 0.000000173. The van der Waals surface area contributed by atoms with E-state index in [2.05, 4.69) is 67.8 Å². The number of aryl methyl sites for hydroxylation is 1. The van der Waals surface area contributed by atoms with Crippen LogP contribution in [0.2, 0.25) is 0 Å². The summed E-state index contributed by atoms with van der Waals surface area (Å²) >= 11 is 0. The van der Waals surface area contributed by atoms with Crippen LogP contribution in [-0.4, -0.2) is 13.1 Å². The fourth-order valence-electron chi connectivity index (χ4n) is 3.47. The molecular weight excluding hydrogens is 316 g/mol. The Bertz CT molecular complexity index is 689. The second kappa shape index (κ2) is 10.5. The first-order chi connectivity index (χ1) is 12.6. The predicted molar refractivity (Wildman–Crippen MR) is 114 cm³/mol. The van der Waals surface area contributed by atoms with Gasteiger partial charge in [0.2, 0.25) is 0 Å². The zero-order chi connectivity index (χ0) is 18.9. The van der Waals surface area contributed by atoms with Gasteiger partial charge in [0.05, 0.1) is 0 Å². The molecule has 142 valence electrons. The number of fused-ring (bicyclic) bond motifs is 2. The number of hydrogen-bond acceptors (Lipinski definition) is 2. The van der Waals surface area contributed by atoms with E-state index in [-0.39, 0.29) is 0 Å². The van der Waals surface area contributed by atoms with Crippen LogP contribution >= 0.6 is 0 Å². The second-order valence-corrected chi connectivity index (χ2v) is 7.31. The smallest absolute Gasteiger partial charge is 0.0208 e. The molecule has 0 saturated carbocycles. The zero-order valence-electron chi connectivity index (χ0n) is 17.3. The summed E-state index contributed by atoms with van der Waals surface area (Å²) in [6, 6.07) is 13.6. The van der Waals surface area contributed by atoms with Gasteiger partial charge in [-0.2, -0.15) is 0 Å². The highest BCUT2D eigenvalue weighted by atomic mass is 14.9. The number of hydrogen-bond donors (Lipinski definition) is 2. The van der Waals surface area contributed by atoms with Crippen LogP contribution in [0.25, 0.3) is 0 Å². The number of rotatable bonds is 1. The van der Waals surface area contributed by atoms with Crippen LogP contribution in [0.5, 0.6) is 0 Å². The molecule has 0 bridgehead atoms. The molecule has 0 fully saturated rings. The van der Waals surface area contributed by atoms with E-state index in [1.54, 1.807) is 5.56 Å². The largest absolute Gasteiger partial charge is 0.312 e. The molecule has 2 N–H and O–H groups in total. The molecule has 2 aliphatic rings. The highest BCUT2D eigenvalue weighted by molar-refractivity contribution is 5.35. The summed E-state index contributed by atoms with van der Waals surface area (Å²) in [7, 11) is 0.